The number of hydrogen-bond acceptors (Lipinski definition) is 8. The van der Waals surface area contributed by atoms with Crippen LogP contribution in [0.25, 0.3) is 0 Å². The van der Waals surface area contributed by atoms with Crippen molar-refractivity contribution >= 4 is 23.8 Å². The fraction of sp³-hybridized carbons (Fsp3) is 0.500. The summed E-state index contributed by atoms with van der Waals surface area (Å²) in [6.45, 7) is 11.2. The molecule has 0 spiro atoms. The van der Waals surface area contributed by atoms with Crippen LogP contribution in [0, 0.1) is 20.2 Å². The van der Waals surface area contributed by atoms with Gasteiger partial charge in [-0.2, -0.15) is 0 Å². The minimum absolute atomic E-state index is 0. The van der Waals surface area contributed by atoms with Gasteiger partial charge in [0.2, 0.25) is 0 Å². The summed E-state index contributed by atoms with van der Waals surface area (Å²) >= 11 is 0. The van der Waals surface area contributed by atoms with Crippen molar-refractivity contribution in [1.82, 2.24) is 0 Å². The summed E-state index contributed by atoms with van der Waals surface area (Å²) in [6.07, 6.45) is 6.26. The number of aromatic hydroxyl groups is 2. The van der Waals surface area contributed by atoms with Crippen LogP contribution in [0.4, 0.5) is 11.4 Å². The van der Waals surface area contributed by atoms with Gasteiger partial charge in [0, 0.05) is 75.7 Å². The molecular formula is C28H36ClCoN4O6-. The monoisotopic (exact) mass is 618 g/mol. The molecule has 10 nitrogen and oxygen atoms in total. The van der Waals surface area contributed by atoms with E-state index in [-0.39, 0.29) is 75.3 Å². The first-order valence-electron chi connectivity index (χ1n) is 12.7. The SMILES string of the molecule is CC(C)(C)c1cc([N+](=O)[O-])cc(C=N[C@@H]2CCCC[C@H]2N=Cc2cc([N+](=O)[O-])cc(C(C)(C)C)c2O)c1O.[Cl-].[Co]. The van der Waals surface area contributed by atoms with E-state index in [2.05, 4.69) is 9.98 Å². The molecule has 1 saturated carbocycles. The number of halogens is 1. The molecule has 0 aromatic heterocycles. The van der Waals surface area contributed by atoms with Gasteiger partial charge in [0.1, 0.15) is 11.5 Å². The number of non-ortho nitro benzene ring substituents is 2. The second-order valence-electron chi connectivity index (χ2n) is 11.9. The molecular weight excluding hydrogens is 583 g/mol. The molecule has 12 heteroatoms. The van der Waals surface area contributed by atoms with Crippen LogP contribution >= 0.6 is 0 Å². The van der Waals surface area contributed by atoms with E-state index in [0.29, 0.717) is 11.1 Å². The van der Waals surface area contributed by atoms with Gasteiger partial charge < -0.3 is 22.6 Å². The molecule has 1 aliphatic carbocycles. The average molecular weight is 619 g/mol. The Morgan fingerprint density at radius 2 is 1.07 bits per heavy atom. The topological polar surface area (TPSA) is 151 Å². The number of aliphatic imine (C=N–C) groups is 2. The number of hydrogen-bond donors (Lipinski definition) is 2. The van der Waals surface area contributed by atoms with Crippen molar-refractivity contribution in [3.8, 4) is 11.5 Å². The number of nitrogens with zero attached hydrogens (tertiary/aromatic N) is 4. The van der Waals surface area contributed by atoms with E-state index >= 15 is 0 Å². The van der Waals surface area contributed by atoms with E-state index in [1.165, 1.54) is 36.7 Å². The van der Waals surface area contributed by atoms with Crippen molar-refractivity contribution in [3.63, 3.8) is 0 Å². The maximum Gasteiger partial charge on any atom is 0.270 e. The van der Waals surface area contributed by atoms with Gasteiger partial charge in [-0.1, -0.05) is 54.4 Å². The summed E-state index contributed by atoms with van der Waals surface area (Å²) in [5.74, 6) is -0.0853. The van der Waals surface area contributed by atoms with Gasteiger partial charge in [-0.3, -0.25) is 30.2 Å². The first-order valence-corrected chi connectivity index (χ1v) is 12.7. The molecule has 221 valence electrons. The van der Waals surface area contributed by atoms with Gasteiger partial charge in [0.05, 0.1) is 21.9 Å². The summed E-state index contributed by atoms with van der Waals surface area (Å²) in [5.41, 5.74) is 0.188. The minimum atomic E-state index is -0.511. The predicted molar refractivity (Wildman–Crippen MR) is 148 cm³/mol. The minimum Gasteiger partial charge on any atom is -1.00 e. The molecule has 2 aromatic rings. The molecule has 0 aliphatic heterocycles. The number of nitro groups is 2. The van der Waals surface area contributed by atoms with Crippen LogP contribution in [0.5, 0.6) is 11.5 Å². The Morgan fingerprint density at radius 3 is 1.35 bits per heavy atom. The Morgan fingerprint density at radius 1 is 0.750 bits per heavy atom. The van der Waals surface area contributed by atoms with Gasteiger partial charge in [0.15, 0.2) is 0 Å². The smallest absolute Gasteiger partial charge is 0.270 e. The van der Waals surface area contributed by atoms with E-state index in [0.717, 1.165) is 25.7 Å². The molecule has 0 bridgehead atoms. The second kappa shape index (κ2) is 13.6. The molecule has 1 fully saturated rings. The molecule has 2 atom stereocenters. The summed E-state index contributed by atoms with van der Waals surface area (Å²) in [7, 11) is 0. The maximum absolute atomic E-state index is 11.5. The summed E-state index contributed by atoms with van der Waals surface area (Å²) in [4.78, 5) is 31.3. The zero-order valence-corrected chi connectivity index (χ0v) is 25.3. The van der Waals surface area contributed by atoms with Crippen molar-refractivity contribution in [1.29, 1.82) is 0 Å². The number of nitro benzene ring substituents is 2. The number of phenolic OH excluding ortho intramolecular Hbond substituents is 2. The first-order chi connectivity index (χ1) is 17.6. The largest absolute Gasteiger partial charge is 1.00 e. The zero-order chi connectivity index (χ0) is 28.4. The van der Waals surface area contributed by atoms with Gasteiger partial charge in [-0.15, -0.1) is 0 Å². The maximum atomic E-state index is 11.5. The van der Waals surface area contributed by atoms with E-state index < -0.39 is 20.7 Å². The van der Waals surface area contributed by atoms with E-state index in [4.69, 9.17) is 0 Å². The van der Waals surface area contributed by atoms with Crippen LogP contribution in [0.1, 0.15) is 89.5 Å². The van der Waals surface area contributed by atoms with Crippen LogP contribution < -0.4 is 12.4 Å². The second-order valence-corrected chi connectivity index (χ2v) is 11.9. The van der Waals surface area contributed by atoms with Crippen LogP contribution in [-0.2, 0) is 27.6 Å². The molecule has 0 saturated heterocycles. The molecule has 40 heavy (non-hydrogen) atoms. The first kappa shape index (κ1) is 35.0. The Labute approximate surface area is 250 Å². The summed E-state index contributed by atoms with van der Waals surface area (Å²) in [5, 5.41) is 44.7. The van der Waals surface area contributed by atoms with Crippen molar-refractivity contribution < 1.29 is 49.2 Å². The number of rotatable bonds is 6. The van der Waals surface area contributed by atoms with Gasteiger partial charge in [-0.05, 0) is 23.7 Å². The van der Waals surface area contributed by atoms with Gasteiger partial charge >= 0.3 is 0 Å². The molecule has 2 N–H and O–H groups in total. The Bertz CT molecular complexity index is 1200. The number of benzene rings is 2. The van der Waals surface area contributed by atoms with Gasteiger partial charge in [-0.25, -0.2) is 0 Å². The van der Waals surface area contributed by atoms with E-state index in [1.54, 1.807) is 0 Å². The van der Waals surface area contributed by atoms with Gasteiger partial charge in [0.25, 0.3) is 11.4 Å². The third kappa shape index (κ3) is 8.25. The third-order valence-corrected chi connectivity index (χ3v) is 6.79. The van der Waals surface area contributed by atoms with Crippen LogP contribution in [0.3, 0.4) is 0 Å². The van der Waals surface area contributed by atoms with Crippen LogP contribution in [0.15, 0.2) is 34.3 Å². The molecule has 1 aliphatic rings. The molecule has 0 heterocycles. The van der Waals surface area contributed by atoms with Crippen molar-refractivity contribution in [2.45, 2.75) is 90.1 Å². The molecule has 3 rings (SSSR count). The predicted octanol–water partition coefficient (Wildman–Crippen LogP) is 3.36. The van der Waals surface area contributed by atoms with Crippen LogP contribution in [0.2, 0.25) is 0 Å². The number of phenols is 2. The van der Waals surface area contributed by atoms with Crippen molar-refractivity contribution in [2.24, 2.45) is 9.98 Å². The summed E-state index contributed by atoms with van der Waals surface area (Å²) < 4.78 is 0. The van der Waals surface area contributed by atoms with Crippen molar-refractivity contribution in [3.05, 3.63) is 66.7 Å². The zero-order valence-electron chi connectivity index (χ0n) is 23.5. The Kier molecular flexibility index (Phi) is 11.9. The normalized spacial score (nSPS) is 17.9. The van der Waals surface area contributed by atoms with Crippen molar-refractivity contribution in [2.75, 3.05) is 0 Å². The van der Waals surface area contributed by atoms with E-state index in [1.807, 2.05) is 41.5 Å². The molecule has 0 amide bonds. The molecule has 0 unspecified atom stereocenters. The quantitative estimate of drug-likeness (QED) is 0.288. The average Bonchev–Trinajstić information content (AvgIpc) is 2.81. The molecule has 2 aromatic carbocycles. The fourth-order valence-electron chi connectivity index (χ4n) is 4.62. The summed E-state index contributed by atoms with van der Waals surface area (Å²) in [6, 6.07) is 4.89. The Hall–Kier alpha value is -3.02. The van der Waals surface area contributed by atoms with E-state index in [9.17, 15) is 30.4 Å². The third-order valence-electron chi connectivity index (χ3n) is 6.79. The molecule has 1 radical (unpaired) electrons. The van der Waals surface area contributed by atoms with Crippen LogP contribution in [-0.4, -0.2) is 44.6 Å². The Balaban J connectivity index is 0.00000400. The fourth-order valence-corrected chi connectivity index (χ4v) is 4.62. The standard InChI is InChI=1S/C28H36N4O6.ClH.Co/c1-27(2,3)21-13-19(31(35)36)11-17(25(21)33)15-29-23-9-7-8-10-24(23)30-16-18-12-20(32(37)38)14-22(26(18)34)28(4,5)6;;/h11-16,23-24,33-34H,7-10H2,1-6H3;1H;/p-1/t23-,24-;;/m1../s1.